The third-order valence-corrected chi connectivity index (χ3v) is 5.78. The van der Waals surface area contributed by atoms with Crippen LogP contribution in [0.1, 0.15) is 0 Å². The van der Waals surface area contributed by atoms with Gasteiger partial charge in [-0.25, -0.2) is 9.97 Å². The van der Waals surface area contributed by atoms with Crippen molar-refractivity contribution in [2.75, 3.05) is 18.2 Å². The molecule has 4 aromatic rings. The third-order valence-electron chi connectivity index (χ3n) is 4.12. The average Bonchev–Trinajstić information content (AvgIpc) is 3.43. The number of benzene rings is 2. The first-order chi connectivity index (χ1) is 14.2. The lowest BCUT2D eigenvalue weighted by Gasteiger charge is -2.03. The molecule has 0 saturated heterocycles. The number of aromatic amines is 1. The molecular formula is C21H18N4O2S2. The molecule has 0 radical (unpaired) electrons. The Morgan fingerprint density at radius 3 is 2.62 bits per heavy atom. The van der Waals surface area contributed by atoms with Crippen molar-refractivity contribution in [2.45, 2.75) is 5.03 Å². The first-order valence-corrected chi connectivity index (χ1v) is 10.7. The second-order valence-corrected chi connectivity index (χ2v) is 7.89. The molecular weight excluding hydrogens is 404 g/mol. The number of rotatable bonds is 7. The van der Waals surface area contributed by atoms with Crippen molar-refractivity contribution in [3.8, 4) is 28.4 Å². The molecule has 2 aromatic carbocycles. The molecule has 2 heterocycles. The number of carbonyl (C=O) groups is 1. The highest BCUT2D eigenvalue weighted by molar-refractivity contribution is 8.00. The topological polar surface area (TPSA) is 79.9 Å². The molecule has 6 nitrogen and oxygen atoms in total. The summed E-state index contributed by atoms with van der Waals surface area (Å²) < 4.78 is 5.23. The molecule has 0 spiro atoms. The Bertz CT molecular complexity index is 1080. The van der Waals surface area contributed by atoms with Gasteiger partial charge in [0.25, 0.3) is 0 Å². The fourth-order valence-electron chi connectivity index (χ4n) is 2.72. The van der Waals surface area contributed by atoms with Crippen molar-refractivity contribution in [1.82, 2.24) is 15.0 Å². The number of methoxy groups -OCH3 is 1. The zero-order valence-electron chi connectivity index (χ0n) is 15.6. The molecule has 0 saturated carbocycles. The van der Waals surface area contributed by atoms with Crippen molar-refractivity contribution in [2.24, 2.45) is 0 Å². The highest BCUT2D eigenvalue weighted by Gasteiger charge is 2.16. The fourth-order valence-corrected chi connectivity index (χ4v) is 4.08. The molecule has 0 aliphatic carbocycles. The smallest absolute Gasteiger partial charge is 0.236 e. The summed E-state index contributed by atoms with van der Waals surface area (Å²) in [6, 6.07) is 17.7. The largest absolute Gasteiger partial charge is 0.497 e. The van der Waals surface area contributed by atoms with E-state index in [0.717, 1.165) is 33.4 Å². The van der Waals surface area contributed by atoms with Crippen LogP contribution in [0.25, 0.3) is 22.6 Å². The number of carbonyl (C=O) groups excluding carboxylic acids is 1. The van der Waals surface area contributed by atoms with Gasteiger partial charge in [0.15, 0.2) is 5.13 Å². The number of thiazole rings is 1. The van der Waals surface area contributed by atoms with Crippen LogP contribution in [-0.2, 0) is 4.79 Å². The summed E-state index contributed by atoms with van der Waals surface area (Å²) in [5.74, 6) is 1.66. The molecule has 0 atom stereocenters. The number of imidazole rings is 1. The first kappa shape index (κ1) is 19.2. The molecule has 8 heteroatoms. The normalized spacial score (nSPS) is 10.7. The van der Waals surface area contributed by atoms with Gasteiger partial charge >= 0.3 is 0 Å². The molecule has 29 heavy (non-hydrogen) atoms. The fraction of sp³-hybridized carbons (Fsp3) is 0.0952. The Hall–Kier alpha value is -3.10. The van der Waals surface area contributed by atoms with Crippen LogP contribution in [0.5, 0.6) is 5.75 Å². The van der Waals surface area contributed by atoms with Crippen molar-refractivity contribution < 1.29 is 9.53 Å². The third kappa shape index (κ3) is 4.67. The number of ether oxygens (including phenoxy) is 1. The number of nitrogens with one attached hydrogen (secondary N) is 2. The van der Waals surface area contributed by atoms with E-state index in [-0.39, 0.29) is 11.7 Å². The van der Waals surface area contributed by atoms with Gasteiger partial charge in [-0.2, -0.15) is 0 Å². The van der Waals surface area contributed by atoms with Crippen LogP contribution >= 0.6 is 23.1 Å². The van der Waals surface area contributed by atoms with Crippen LogP contribution < -0.4 is 10.1 Å². The number of anilines is 1. The lowest BCUT2D eigenvalue weighted by atomic mass is 10.2. The maximum Gasteiger partial charge on any atom is 0.236 e. The molecule has 0 bridgehead atoms. The molecule has 2 N–H and O–H groups in total. The van der Waals surface area contributed by atoms with E-state index in [1.165, 1.54) is 23.1 Å². The molecule has 1 amide bonds. The van der Waals surface area contributed by atoms with E-state index in [4.69, 9.17) is 9.72 Å². The minimum Gasteiger partial charge on any atom is -0.497 e. The number of H-pyrrole nitrogens is 1. The van der Waals surface area contributed by atoms with E-state index < -0.39 is 0 Å². The first-order valence-electron chi connectivity index (χ1n) is 8.85. The van der Waals surface area contributed by atoms with Gasteiger partial charge in [0.2, 0.25) is 5.91 Å². The monoisotopic (exact) mass is 422 g/mol. The van der Waals surface area contributed by atoms with E-state index >= 15 is 0 Å². The molecule has 0 fully saturated rings. The van der Waals surface area contributed by atoms with E-state index in [2.05, 4.69) is 15.3 Å². The van der Waals surface area contributed by atoms with Crippen LogP contribution in [0, 0.1) is 0 Å². The highest BCUT2D eigenvalue weighted by atomic mass is 32.2. The SMILES string of the molecule is COc1ccc(-c2nc(SCC(=O)Nc3nccs3)c(-c3ccccc3)[nH]2)cc1. The Morgan fingerprint density at radius 1 is 1.14 bits per heavy atom. The lowest BCUT2D eigenvalue weighted by Crippen LogP contribution is -2.13. The van der Waals surface area contributed by atoms with Gasteiger partial charge < -0.3 is 15.0 Å². The number of thioether (sulfide) groups is 1. The van der Waals surface area contributed by atoms with Crippen LogP contribution in [-0.4, -0.2) is 33.7 Å². The molecule has 0 aliphatic heterocycles. The maximum absolute atomic E-state index is 12.3. The summed E-state index contributed by atoms with van der Waals surface area (Å²) in [4.78, 5) is 24.5. The Morgan fingerprint density at radius 2 is 1.93 bits per heavy atom. The van der Waals surface area contributed by atoms with Crippen LogP contribution in [0.15, 0.2) is 71.2 Å². The molecule has 0 unspecified atom stereocenters. The second kappa shape index (κ2) is 8.93. The lowest BCUT2D eigenvalue weighted by molar-refractivity contribution is -0.113. The quantitative estimate of drug-likeness (QED) is 0.412. The van der Waals surface area contributed by atoms with Crippen molar-refractivity contribution in [3.05, 3.63) is 66.2 Å². The van der Waals surface area contributed by atoms with Crippen LogP contribution in [0.4, 0.5) is 5.13 Å². The van der Waals surface area contributed by atoms with E-state index in [0.29, 0.717) is 5.13 Å². The minimum absolute atomic E-state index is 0.113. The van der Waals surface area contributed by atoms with Gasteiger partial charge in [-0.1, -0.05) is 42.1 Å². The zero-order valence-corrected chi connectivity index (χ0v) is 17.2. The zero-order chi connectivity index (χ0) is 20.1. The molecule has 2 aromatic heterocycles. The van der Waals surface area contributed by atoms with Crippen LogP contribution in [0.3, 0.4) is 0 Å². The minimum atomic E-state index is -0.113. The van der Waals surface area contributed by atoms with Gasteiger partial charge in [0.1, 0.15) is 16.6 Å². The van der Waals surface area contributed by atoms with Crippen molar-refractivity contribution in [1.29, 1.82) is 0 Å². The summed E-state index contributed by atoms with van der Waals surface area (Å²) in [6.07, 6.45) is 1.66. The highest BCUT2D eigenvalue weighted by Crippen LogP contribution is 2.33. The summed E-state index contributed by atoms with van der Waals surface area (Å²) >= 11 is 2.79. The standard InChI is InChI=1S/C21H18N4O2S2/c1-27-16-9-7-15(8-10-16)19-24-18(14-5-3-2-4-6-14)20(25-19)29-13-17(26)23-21-22-11-12-28-21/h2-12H,13H2,1H3,(H,24,25)(H,22,23,26). The van der Waals surface area contributed by atoms with Crippen molar-refractivity contribution >= 4 is 34.1 Å². The predicted molar refractivity (Wildman–Crippen MR) is 117 cm³/mol. The van der Waals surface area contributed by atoms with Gasteiger partial charge in [-0.05, 0) is 24.3 Å². The van der Waals surface area contributed by atoms with E-state index in [1.807, 2.05) is 60.0 Å². The summed E-state index contributed by atoms with van der Waals surface area (Å²) in [7, 11) is 1.64. The Kier molecular flexibility index (Phi) is 5.92. The van der Waals surface area contributed by atoms with Crippen molar-refractivity contribution in [3.63, 3.8) is 0 Å². The Balaban J connectivity index is 1.58. The molecule has 0 aliphatic rings. The molecule has 146 valence electrons. The van der Waals surface area contributed by atoms with Crippen LogP contribution in [0.2, 0.25) is 0 Å². The number of aromatic nitrogens is 3. The van der Waals surface area contributed by atoms with Gasteiger partial charge in [-0.3, -0.25) is 4.79 Å². The number of nitrogens with zero attached hydrogens (tertiary/aromatic N) is 2. The average molecular weight is 423 g/mol. The summed E-state index contributed by atoms with van der Waals surface area (Å²) in [6.45, 7) is 0. The second-order valence-electron chi connectivity index (χ2n) is 6.03. The van der Waals surface area contributed by atoms with Gasteiger partial charge in [0, 0.05) is 22.7 Å². The number of hydrogen-bond donors (Lipinski definition) is 2. The van der Waals surface area contributed by atoms with Gasteiger partial charge in [0.05, 0.1) is 18.6 Å². The summed E-state index contributed by atoms with van der Waals surface area (Å²) in [5.41, 5.74) is 2.85. The summed E-state index contributed by atoms with van der Waals surface area (Å²) in [5, 5.41) is 5.99. The van der Waals surface area contributed by atoms with E-state index in [9.17, 15) is 4.79 Å². The van der Waals surface area contributed by atoms with Gasteiger partial charge in [-0.15, -0.1) is 11.3 Å². The molecule has 4 rings (SSSR count). The number of hydrogen-bond acceptors (Lipinski definition) is 6. The van der Waals surface area contributed by atoms with E-state index in [1.54, 1.807) is 13.3 Å². The predicted octanol–water partition coefficient (Wildman–Crippen LogP) is 4.94. The number of amides is 1. The Labute approximate surface area is 176 Å². The maximum atomic E-state index is 12.3.